The molecule has 5 heteroatoms. The minimum absolute atomic E-state index is 0.0935. The summed E-state index contributed by atoms with van der Waals surface area (Å²) in [4.78, 5) is 16.2. The SMILES string of the molecule is Cc1ccc(C#CCN)cc1C(=O)NCCn1ccnc1. The van der Waals surface area contributed by atoms with E-state index in [-0.39, 0.29) is 5.91 Å². The molecule has 1 aromatic carbocycles. The van der Waals surface area contributed by atoms with Crippen LogP contribution in [-0.2, 0) is 6.54 Å². The molecule has 0 bridgehead atoms. The quantitative estimate of drug-likeness (QED) is 0.819. The molecule has 0 aliphatic carbocycles. The molecule has 0 unspecified atom stereocenters. The Morgan fingerprint density at radius 3 is 3.05 bits per heavy atom. The standard InChI is InChI=1S/C16H18N4O/c1-13-4-5-14(3-2-6-17)11-15(13)16(21)19-8-10-20-9-7-18-12-20/h4-5,7,9,11-12H,6,8,10,17H2,1H3,(H,19,21). The maximum absolute atomic E-state index is 12.2. The van der Waals surface area contributed by atoms with E-state index in [1.807, 2.05) is 29.8 Å². The van der Waals surface area contributed by atoms with Crippen molar-refractivity contribution in [2.75, 3.05) is 13.1 Å². The van der Waals surface area contributed by atoms with E-state index >= 15 is 0 Å². The normalized spacial score (nSPS) is 9.81. The Hall–Kier alpha value is -2.58. The molecule has 0 fully saturated rings. The van der Waals surface area contributed by atoms with Crippen LogP contribution >= 0.6 is 0 Å². The summed E-state index contributed by atoms with van der Waals surface area (Å²) in [5, 5.41) is 2.90. The Kier molecular flexibility index (Phi) is 5.13. The fourth-order valence-corrected chi connectivity index (χ4v) is 1.91. The monoisotopic (exact) mass is 282 g/mol. The van der Waals surface area contributed by atoms with E-state index in [9.17, 15) is 4.79 Å². The molecule has 0 radical (unpaired) electrons. The predicted octanol–water partition coefficient (Wildman–Crippen LogP) is 0.932. The number of benzene rings is 1. The summed E-state index contributed by atoms with van der Waals surface area (Å²) < 4.78 is 1.91. The number of imidazole rings is 1. The molecule has 1 aromatic heterocycles. The average Bonchev–Trinajstić information content (AvgIpc) is 2.99. The second-order valence-corrected chi connectivity index (χ2v) is 4.59. The number of carbonyl (C=O) groups is 1. The van der Waals surface area contributed by atoms with Crippen LogP contribution in [0.25, 0.3) is 0 Å². The molecule has 2 aromatic rings. The molecule has 108 valence electrons. The van der Waals surface area contributed by atoms with Gasteiger partial charge in [-0.05, 0) is 24.6 Å². The van der Waals surface area contributed by atoms with Crippen LogP contribution in [0.3, 0.4) is 0 Å². The van der Waals surface area contributed by atoms with Crippen LogP contribution in [0.5, 0.6) is 0 Å². The Morgan fingerprint density at radius 2 is 2.33 bits per heavy atom. The minimum Gasteiger partial charge on any atom is -0.350 e. The molecule has 5 nitrogen and oxygen atoms in total. The maximum Gasteiger partial charge on any atom is 0.251 e. The molecule has 2 rings (SSSR count). The lowest BCUT2D eigenvalue weighted by atomic mass is 10.0. The number of nitrogens with one attached hydrogen (secondary N) is 1. The highest BCUT2D eigenvalue weighted by molar-refractivity contribution is 5.96. The lowest BCUT2D eigenvalue weighted by Gasteiger charge is -2.08. The first kappa shape index (κ1) is 14.8. The molecule has 0 saturated heterocycles. The van der Waals surface area contributed by atoms with Crippen molar-refractivity contribution in [3.05, 3.63) is 53.6 Å². The Balaban J connectivity index is 2.00. The highest BCUT2D eigenvalue weighted by Gasteiger charge is 2.08. The summed E-state index contributed by atoms with van der Waals surface area (Å²) in [6.45, 7) is 3.45. The van der Waals surface area contributed by atoms with Gasteiger partial charge in [0.15, 0.2) is 0 Å². The van der Waals surface area contributed by atoms with Crippen LogP contribution < -0.4 is 11.1 Å². The van der Waals surface area contributed by atoms with Crippen molar-refractivity contribution < 1.29 is 4.79 Å². The van der Waals surface area contributed by atoms with E-state index in [1.54, 1.807) is 18.6 Å². The van der Waals surface area contributed by atoms with Gasteiger partial charge in [0.05, 0.1) is 12.9 Å². The van der Waals surface area contributed by atoms with Gasteiger partial charge in [0.2, 0.25) is 0 Å². The van der Waals surface area contributed by atoms with Crippen molar-refractivity contribution in [3.8, 4) is 11.8 Å². The maximum atomic E-state index is 12.2. The molecule has 0 saturated carbocycles. The molecule has 0 aliphatic rings. The number of hydrogen-bond acceptors (Lipinski definition) is 3. The Labute approximate surface area is 124 Å². The third-order valence-electron chi connectivity index (χ3n) is 3.03. The first-order chi connectivity index (χ1) is 10.2. The Morgan fingerprint density at radius 1 is 1.48 bits per heavy atom. The van der Waals surface area contributed by atoms with Crippen molar-refractivity contribution in [2.24, 2.45) is 5.73 Å². The summed E-state index contributed by atoms with van der Waals surface area (Å²) in [5.74, 6) is 5.63. The highest BCUT2D eigenvalue weighted by Crippen LogP contribution is 2.10. The molecular formula is C16H18N4O. The minimum atomic E-state index is -0.0935. The number of amides is 1. The van der Waals surface area contributed by atoms with Gasteiger partial charge in [0, 0.05) is 36.6 Å². The average molecular weight is 282 g/mol. The van der Waals surface area contributed by atoms with E-state index in [4.69, 9.17) is 5.73 Å². The lowest BCUT2D eigenvalue weighted by Crippen LogP contribution is -2.27. The van der Waals surface area contributed by atoms with Crippen LogP contribution in [0.4, 0.5) is 0 Å². The van der Waals surface area contributed by atoms with E-state index in [0.717, 1.165) is 11.1 Å². The number of aromatic nitrogens is 2. The molecule has 21 heavy (non-hydrogen) atoms. The van der Waals surface area contributed by atoms with E-state index in [2.05, 4.69) is 22.1 Å². The molecule has 3 N–H and O–H groups in total. The topological polar surface area (TPSA) is 72.9 Å². The first-order valence-corrected chi connectivity index (χ1v) is 6.74. The molecule has 1 amide bonds. The number of rotatable bonds is 4. The second-order valence-electron chi connectivity index (χ2n) is 4.59. The third-order valence-corrected chi connectivity index (χ3v) is 3.03. The van der Waals surface area contributed by atoms with Crippen LogP contribution in [0.2, 0.25) is 0 Å². The number of carbonyl (C=O) groups excluding carboxylic acids is 1. The lowest BCUT2D eigenvalue weighted by molar-refractivity contribution is 0.0951. The summed E-state index contributed by atoms with van der Waals surface area (Å²) >= 11 is 0. The predicted molar refractivity (Wildman–Crippen MR) is 81.7 cm³/mol. The molecule has 0 atom stereocenters. The van der Waals surface area contributed by atoms with E-state index in [0.29, 0.717) is 25.2 Å². The number of nitrogens with zero attached hydrogens (tertiary/aromatic N) is 2. The van der Waals surface area contributed by atoms with Crippen molar-refractivity contribution >= 4 is 5.91 Å². The Bertz CT molecular complexity index is 665. The molecule has 0 spiro atoms. The van der Waals surface area contributed by atoms with Gasteiger partial charge in [-0.15, -0.1) is 0 Å². The van der Waals surface area contributed by atoms with Gasteiger partial charge in [0.25, 0.3) is 5.91 Å². The van der Waals surface area contributed by atoms with Gasteiger partial charge in [-0.1, -0.05) is 17.9 Å². The zero-order valence-electron chi connectivity index (χ0n) is 12.0. The first-order valence-electron chi connectivity index (χ1n) is 6.74. The summed E-state index contributed by atoms with van der Waals surface area (Å²) in [7, 11) is 0. The largest absolute Gasteiger partial charge is 0.350 e. The van der Waals surface area contributed by atoms with E-state index in [1.165, 1.54) is 0 Å². The third kappa shape index (κ3) is 4.20. The van der Waals surface area contributed by atoms with Crippen LogP contribution in [0.15, 0.2) is 36.9 Å². The van der Waals surface area contributed by atoms with E-state index < -0.39 is 0 Å². The van der Waals surface area contributed by atoms with Gasteiger partial charge in [-0.25, -0.2) is 4.98 Å². The number of nitrogens with two attached hydrogens (primary N) is 1. The van der Waals surface area contributed by atoms with Crippen LogP contribution in [-0.4, -0.2) is 28.5 Å². The molecule has 0 aliphatic heterocycles. The van der Waals surface area contributed by atoms with Gasteiger partial charge in [0.1, 0.15) is 0 Å². The van der Waals surface area contributed by atoms with Crippen molar-refractivity contribution in [1.29, 1.82) is 0 Å². The molecule has 1 heterocycles. The van der Waals surface area contributed by atoms with Gasteiger partial charge in [-0.2, -0.15) is 0 Å². The highest BCUT2D eigenvalue weighted by atomic mass is 16.1. The summed E-state index contributed by atoms with van der Waals surface area (Å²) in [6.07, 6.45) is 5.30. The number of hydrogen-bond donors (Lipinski definition) is 2. The van der Waals surface area contributed by atoms with Crippen molar-refractivity contribution in [1.82, 2.24) is 14.9 Å². The number of aryl methyl sites for hydroxylation is 1. The van der Waals surface area contributed by atoms with Gasteiger partial charge < -0.3 is 15.6 Å². The summed E-state index contributed by atoms with van der Waals surface area (Å²) in [5.41, 5.74) is 7.72. The fraction of sp³-hybridized carbons (Fsp3) is 0.250. The second kappa shape index (κ2) is 7.27. The van der Waals surface area contributed by atoms with Crippen molar-refractivity contribution in [2.45, 2.75) is 13.5 Å². The zero-order valence-corrected chi connectivity index (χ0v) is 12.0. The van der Waals surface area contributed by atoms with Crippen LogP contribution in [0.1, 0.15) is 21.5 Å². The zero-order chi connectivity index (χ0) is 15.1. The molecular weight excluding hydrogens is 264 g/mol. The van der Waals surface area contributed by atoms with Crippen LogP contribution in [0, 0.1) is 18.8 Å². The smallest absolute Gasteiger partial charge is 0.251 e. The van der Waals surface area contributed by atoms with Crippen molar-refractivity contribution in [3.63, 3.8) is 0 Å². The van der Waals surface area contributed by atoms with Gasteiger partial charge in [-0.3, -0.25) is 4.79 Å². The van der Waals surface area contributed by atoms with Gasteiger partial charge >= 0.3 is 0 Å². The fourth-order valence-electron chi connectivity index (χ4n) is 1.91. The summed E-state index contributed by atoms with van der Waals surface area (Å²) in [6, 6.07) is 5.58.